The van der Waals surface area contributed by atoms with Gasteiger partial charge in [0.25, 0.3) is 0 Å². The van der Waals surface area contributed by atoms with Gasteiger partial charge in [-0.25, -0.2) is 4.98 Å². The summed E-state index contributed by atoms with van der Waals surface area (Å²) in [6, 6.07) is 9.97. The summed E-state index contributed by atoms with van der Waals surface area (Å²) in [7, 11) is 1.87. The van der Waals surface area contributed by atoms with Gasteiger partial charge in [0.2, 0.25) is 0 Å². The van der Waals surface area contributed by atoms with E-state index >= 15 is 0 Å². The normalized spacial score (nSPS) is 10.9. The fourth-order valence-corrected chi connectivity index (χ4v) is 2.87. The van der Waals surface area contributed by atoms with Gasteiger partial charge >= 0.3 is 5.69 Å². The molecule has 0 aliphatic carbocycles. The molecule has 0 saturated carbocycles. The van der Waals surface area contributed by atoms with Crippen LogP contribution in [0.4, 0.5) is 11.4 Å². The lowest BCUT2D eigenvalue weighted by atomic mass is 10.2. The third kappa shape index (κ3) is 3.00. The van der Waals surface area contributed by atoms with E-state index in [0.717, 1.165) is 16.6 Å². The maximum Gasteiger partial charge on any atom is 0.311 e. The summed E-state index contributed by atoms with van der Waals surface area (Å²) in [5.74, 6) is 0. The van der Waals surface area contributed by atoms with Crippen molar-refractivity contribution >= 4 is 34.2 Å². The Hall–Kier alpha value is -2.54. The Bertz CT molecular complexity index is 858. The van der Waals surface area contributed by atoms with Crippen LogP contribution >= 0.6 is 11.8 Å². The number of nitro groups is 1. The van der Waals surface area contributed by atoms with Crippen LogP contribution in [-0.4, -0.2) is 20.7 Å². The zero-order valence-electron chi connectivity index (χ0n) is 12.8. The Morgan fingerprint density at radius 3 is 2.70 bits per heavy atom. The Labute approximate surface area is 137 Å². The largest absolute Gasteiger partial charge is 0.375 e. The van der Waals surface area contributed by atoms with Crippen molar-refractivity contribution in [1.82, 2.24) is 9.55 Å². The zero-order chi connectivity index (χ0) is 16.4. The van der Waals surface area contributed by atoms with Gasteiger partial charge in [-0.15, -0.1) is 11.8 Å². The number of aromatic nitrogens is 2. The number of hydrogen-bond donors (Lipinski definition) is 1. The van der Waals surface area contributed by atoms with Crippen LogP contribution in [0.15, 0.2) is 47.6 Å². The maximum atomic E-state index is 11.3. The van der Waals surface area contributed by atoms with Crippen LogP contribution in [-0.2, 0) is 13.6 Å². The maximum absolute atomic E-state index is 11.3. The van der Waals surface area contributed by atoms with Gasteiger partial charge in [-0.3, -0.25) is 10.1 Å². The second-order valence-corrected chi connectivity index (χ2v) is 6.02. The van der Waals surface area contributed by atoms with Gasteiger partial charge in [-0.2, -0.15) is 0 Å². The molecule has 3 aromatic rings. The van der Waals surface area contributed by atoms with Gasteiger partial charge in [0.05, 0.1) is 4.92 Å². The zero-order valence-corrected chi connectivity index (χ0v) is 13.6. The first-order chi connectivity index (χ1) is 11.1. The first kappa shape index (κ1) is 15.4. The molecule has 0 amide bonds. The van der Waals surface area contributed by atoms with Gasteiger partial charge in [-0.1, -0.05) is 12.1 Å². The highest BCUT2D eigenvalue weighted by atomic mass is 32.2. The van der Waals surface area contributed by atoms with Crippen molar-refractivity contribution in [2.75, 3.05) is 11.6 Å². The summed E-state index contributed by atoms with van der Waals surface area (Å²) in [6.45, 7) is 0.517. The Morgan fingerprint density at radius 1 is 1.30 bits per heavy atom. The molecule has 0 unspecified atom stereocenters. The number of rotatable bonds is 5. The molecule has 0 saturated heterocycles. The van der Waals surface area contributed by atoms with Gasteiger partial charge in [-0.05, 0) is 30.0 Å². The number of anilines is 1. The van der Waals surface area contributed by atoms with E-state index in [4.69, 9.17) is 0 Å². The highest BCUT2D eigenvalue weighted by Gasteiger charge is 2.19. The monoisotopic (exact) mass is 328 g/mol. The molecular formula is C16H16N4O2S. The summed E-state index contributed by atoms with van der Waals surface area (Å²) in [4.78, 5) is 16.2. The summed E-state index contributed by atoms with van der Waals surface area (Å²) in [5, 5.41) is 15.2. The molecule has 23 heavy (non-hydrogen) atoms. The van der Waals surface area contributed by atoms with E-state index in [9.17, 15) is 10.1 Å². The van der Waals surface area contributed by atoms with Gasteiger partial charge < -0.3 is 9.88 Å². The van der Waals surface area contributed by atoms with Crippen LogP contribution in [0.1, 0.15) is 5.56 Å². The number of benzene rings is 1. The molecule has 1 N–H and O–H groups in total. The fraction of sp³-hybridized carbons (Fsp3) is 0.188. The first-order valence-electron chi connectivity index (χ1n) is 7.05. The van der Waals surface area contributed by atoms with Crippen molar-refractivity contribution < 1.29 is 4.92 Å². The Kier molecular flexibility index (Phi) is 4.20. The van der Waals surface area contributed by atoms with Crippen molar-refractivity contribution in [3.8, 4) is 0 Å². The van der Waals surface area contributed by atoms with Crippen LogP contribution in [0.2, 0.25) is 0 Å². The number of hydrogen-bond acceptors (Lipinski definition) is 5. The molecule has 0 fully saturated rings. The standard InChI is InChI=1S/C16H16N4O2S/c1-19-8-7-13-15(14(20(21)22)10-18-16(13)19)17-9-11-3-5-12(23-2)6-4-11/h3-8,10H,9H2,1-2H3,(H,17,18). The SMILES string of the molecule is CSc1ccc(CNc2c([N+](=O)[O-])cnc3c2ccn3C)cc1. The lowest BCUT2D eigenvalue weighted by Gasteiger charge is -2.09. The lowest BCUT2D eigenvalue weighted by Crippen LogP contribution is -2.04. The fourth-order valence-electron chi connectivity index (χ4n) is 2.46. The predicted octanol–water partition coefficient (Wildman–Crippen LogP) is 3.82. The van der Waals surface area contributed by atoms with Crippen LogP contribution in [0, 0.1) is 10.1 Å². The lowest BCUT2D eigenvalue weighted by molar-refractivity contribution is -0.384. The number of nitrogens with one attached hydrogen (secondary N) is 1. The minimum Gasteiger partial charge on any atom is -0.375 e. The molecule has 118 valence electrons. The van der Waals surface area contributed by atoms with Crippen molar-refractivity contribution in [3.63, 3.8) is 0 Å². The Morgan fingerprint density at radius 2 is 2.04 bits per heavy atom. The van der Waals surface area contributed by atoms with Crippen molar-refractivity contribution in [1.29, 1.82) is 0 Å². The molecule has 1 aromatic carbocycles. The third-order valence-electron chi connectivity index (χ3n) is 3.70. The minimum absolute atomic E-state index is 0.00978. The van der Waals surface area contributed by atoms with E-state index in [-0.39, 0.29) is 5.69 Å². The summed E-state index contributed by atoms with van der Waals surface area (Å²) in [5.41, 5.74) is 2.28. The predicted molar refractivity (Wildman–Crippen MR) is 92.9 cm³/mol. The number of fused-ring (bicyclic) bond motifs is 1. The molecule has 0 spiro atoms. The number of nitrogens with zero attached hydrogens (tertiary/aromatic N) is 3. The van der Waals surface area contributed by atoms with E-state index in [1.807, 2.05) is 54.4 Å². The highest BCUT2D eigenvalue weighted by Crippen LogP contribution is 2.32. The quantitative estimate of drug-likeness (QED) is 0.438. The van der Waals surface area contributed by atoms with E-state index in [1.54, 1.807) is 11.8 Å². The van der Waals surface area contributed by atoms with Crippen LogP contribution in [0.25, 0.3) is 11.0 Å². The van der Waals surface area contributed by atoms with Crippen LogP contribution in [0.5, 0.6) is 0 Å². The van der Waals surface area contributed by atoms with Crippen LogP contribution in [0.3, 0.4) is 0 Å². The summed E-state index contributed by atoms with van der Waals surface area (Å²) >= 11 is 1.68. The molecule has 0 aliphatic rings. The molecule has 0 atom stereocenters. The number of aryl methyl sites for hydroxylation is 1. The van der Waals surface area contributed by atoms with Crippen LogP contribution < -0.4 is 5.32 Å². The van der Waals surface area contributed by atoms with Crippen molar-refractivity contribution in [2.24, 2.45) is 7.05 Å². The van der Waals surface area contributed by atoms with Gasteiger partial charge in [0.15, 0.2) is 0 Å². The first-order valence-corrected chi connectivity index (χ1v) is 8.28. The molecule has 0 bridgehead atoms. The molecule has 6 nitrogen and oxygen atoms in total. The smallest absolute Gasteiger partial charge is 0.311 e. The molecular weight excluding hydrogens is 312 g/mol. The summed E-state index contributed by atoms with van der Waals surface area (Å²) < 4.78 is 1.84. The second-order valence-electron chi connectivity index (χ2n) is 5.14. The molecule has 3 rings (SSSR count). The second kappa shape index (κ2) is 6.29. The molecule has 2 heterocycles. The average Bonchev–Trinajstić information content (AvgIpc) is 2.94. The summed E-state index contributed by atoms with van der Waals surface area (Å²) in [6.07, 6.45) is 5.18. The molecule has 2 aromatic heterocycles. The topological polar surface area (TPSA) is 73.0 Å². The highest BCUT2D eigenvalue weighted by molar-refractivity contribution is 7.98. The average molecular weight is 328 g/mol. The molecule has 7 heteroatoms. The number of pyridine rings is 1. The van der Waals surface area contributed by atoms with Crippen molar-refractivity contribution in [2.45, 2.75) is 11.4 Å². The van der Waals surface area contributed by atoms with Gasteiger partial charge in [0, 0.05) is 30.1 Å². The minimum atomic E-state index is -0.404. The third-order valence-corrected chi connectivity index (χ3v) is 4.44. The Balaban J connectivity index is 1.93. The van der Waals surface area contributed by atoms with Gasteiger partial charge in [0.1, 0.15) is 17.5 Å². The molecule has 0 radical (unpaired) electrons. The molecule has 0 aliphatic heterocycles. The van der Waals surface area contributed by atoms with E-state index in [2.05, 4.69) is 10.3 Å². The van der Waals surface area contributed by atoms with E-state index in [1.165, 1.54) is 11.1 Å². The van der Waals surface area contributed by atoms with Crippen molar-refractivity contribution in [3.05, 3.63) is 58.4 Å². The van der Waals surface area contributed by atoms with E-state index < -0.39 is 4.92 Å². The number of thioether (sulfide) groups is 1. The van der Waals surface area contributed by atoms with E-state index in [0.29, 0.717) is 12.2 Å².